The second-order valence-electron chi connectivity index (χ2n) is 4.27. The van der Waals surface area contributed by atoms with Crippen molar-refractivity contribution < 1.29 is 4.42 Å². The predicted octanol–water partition coefficient (Wildman–Crippen LogP) is 1.69. The van der Waals surface area contributed by atoms with Gasteiger partial charge in [-0.15, -0.1) is 5.10 Å². The van der Waals surface area contributed by atoms with Crippen LogP contribution in [0.25, 0.3) is 0 Å². The fraction of sp³-hybridized carbons (Fsp3) is 0.800. The van der Waals surface area contributed by atoms with Crippen LogP contribution in [0.15, 0.2) is 4.42 Å². The Labute approximate surface area is 89.4 Å². The molecule has 1 atom stereocenters. The Balaban J connectivity index is 1.82. The van der Waals surface area contributed by atoms with Gasteiger partial charge in [0.1, 0.15) is 0 Å². The Bertz CT molecular complexity index is 304. The summed E-state index contributed by atoms with van der Waals surface area (Å²) in [7, 11) is 0. The van der Waals surface area contributed by atoms with E-state index in [2.05, 4.69) is 15.5 Å². The monoisotopic (exact) mass is 210 g/mol. The van der Waals surface area contributed by atoms with E-state index in [4.69, 9.17) is 10.2 Å². The average molecular weight is 210 g/mol. The lowest BCUT2D eigenvalue weighted by Gasteiger charge is -2.07. The minimum absolute atomic E-state index is 0.195. The summed E-state index contributed by atoms with van der Waals surface area (Å²) >= 11 is 0. The van der Waals surface area contributed by atoms with Gasteiger partial charge in [-0.05, 0) is 25.7 Å². The van der Waals surface area contributed by atoms with Crippen LogP contribution in [-0.4, -0.2) is 16.7 Å². The quantitative estimate of drug-likeness (QED) is 0.790. The summed E-state index contributed by atoms with van der Waals surface area (Å²) in [4.78, 5) is 0. The van der Waals surface area contributed by atoms with E-state index >= 15 is 0 Å². The summed E-state index contributed by atoms with van der Waals surface area (Å²) in [6.45, 7) is 2.76. The van der Waals surface area contributed by atoms with Gasteiger partial charge in [-0.1, -0.05) is 17.9 Å². The molecule has 3 N–H and O–H groups in total. The van der Waals surface area contributed by atoms with E-state index in [0.717, 1.165) is 12.5 Å². The molecule has 1 aromatic rings. The summed E-state index contributed by atoms with van der Waals surface area (Å²) in [5, 5.41) is 10.9. The number of hydrogen-bond donors (Lipinski definition) is 2. The highest BCUT2D eigenvalue weighted by Crippen LogP contribution is 2.24. The van der Waals surface area contributed by atoms with Gasteiger partial charge in [-0.25, -0.2) is 0 Å². The second-order valence-corrected chi connectivity index (χ2v) is 4.27. The van der Waals surface area contributed by atoms with E-state index in [0.29, 0.717) is 11.9 Å². The third-order valence-electron chi connectivity index (χ3n) is 2.85. The summed E-state index contributed by atoms with van der Waals surface area (Å²) in [6, 6.07) is 0.300. The summed E-state index contributed by atoms with van der Waals surface area (Å²) in [6.07, 6.45) is 5.31. The van der Waals surface area contributed by atoms with Crippen molar-refractivity contribution in [1.82, 2.24) is 10.2 Å². The van der Waals surface area contributed by atoms with E-state index in [-0.39, 0.29) is 6.04 Å². The van der Waals surface area contributed by atoms with Gasteiger partial charge < -0.3 is 15.5 Å². The molecule has 0 aromatic carbocycles. The molecule has 0 radical (unpaired) electrons. The Morgan fingerprint density at radius 3 is 2.80 bits per heavy atom. The Kier molecular flexibility index (Phi) is 3.20. The topological polar surface area (TPSA) is 77.0 Å². The van der Waals surface area contributed by atoms with Crippen LogP contribution in [-0.2, 0) is 0 Å². The number of aromatic nitrogens is 2. The van der Waals surface area contributed by atoms with Crippen molar-refractivity contribution in [2.75, 3.05) is 11.9 Å². The molecule has 1 aromatic heterocycles. The van der Waals surface area contributed by atoms with Crippen LogP contribution in [0.2, 0.25) is 0 Å². The molecule has 84 valence electrons. The van der Waals surface area contributed by atoms with Crippen molar-refractivity contribution in [3.63, 3.8) is 0 Å². The van der Waals surface area contributed by atoms with Crippen LogP contribution in [0.5, 0.6) is 0 Å². The highest BCUT2D eigenvalue weighted by molar-refractivity contribution is 5.17. The molecule has 2 rings (SSSR count). The summed E-state index contributed by atoms with van der Waals surface area (Å²) < 4.78 is 5.35. The molecule has 5 heteroatoms. The number of nitrogens with one attached hydrogen (secondary N) is 1. The Morgan fingerprint density at radius 2 is 2.20 bits per heavy atom. The average Bonchev–Trinajstić information content (AvgIpc) is 2.86. The number of rotatable bonds is 4. The van der Waals surface area contributed by atoms with Gasteiger partial charge in [-0.2, -0.15) is 0 Å². The minimum atomic E-state index is -0.195. The zero-order valence-corrected chi connectivity index (χ0v) is 9.07. The standard InChI is InChI=1S/C10H18N4O/c1-7(11)9-13-14-10(15-9)12-6-8-4-2-3-5-8/h7-8H,2-6,11H2,1H3,(H,12,14). The molecule has 0 aliphatic heterocycles. The lowest BCUT2D eigenvalue weighted by Crippen LogP contribution is -2.11. The molecule has 1 heterocycles. The van der Waals surface area contributed by atoms with Gasteiger partial charge in [0, 0.05) is 6.54 Å². The van der Waals surface area contributed by atoms with Gasteiger partial charge in [0.2, 0.25) is 5.89 Å². The molecule has 1 fully saturated rings. The smallest absolute Gasteiger partial charge is 0.315 e. The van der Waals surface area contributed by atoms with E-state index in [1.54, 1.807) is 0 Å². The SMILES string of the molecule is CC(N)c1nnc(NCC2CCCC2)o1. The van der Waals surface area contributed by atoms with Crippen LogP contribution >= 0.6 is 0 Å². The molecule has 0 bridgehead atoms. The largest absolute Gasteiger partial charge is 0.406 e. The minimum Gasteiger partial charge on any atom is -0.406 e. The molecule has 5 nitrogen and oxygen atoms in total. The van der Waals surface area contributed by atoms with Crippen molar-refractivity contribution in [2.45, 2.75) is 38.6 Å². The Morgan fingerprint density at radius 1 is 1.47 bits per heavy atom. The maximum atomic E-state index is 5.62. The van der Waals surface area contributed by atoms with Crippen LogP contribution in [0.1, 0.15) is 44.5 Å². The number of nitrogens with two attached hydrogens (primary N) is 1. The fourth-order valence-corrected chi connectivity index (χ4v) is 1.94. The van der Waals surface area contributed by atoms with Crippen LogP contribution in [0, 0.1) is 5.92 Å². The fourth-order valence-electron chi connectivity index (χ4n) is 1.94. The second kappa shape index (κ2) is 4.61. The Hall–Kier alpha value is -1.10. The van der Waals surface area contributed by atoms with Crippen LogP contribution < -0.4 is 11.1 Å². The van der Waals surface area contributed by atoms with Crippen molar-refractivity contribution in [3.05, 3.63) is 5.89 Å². The van der Waals surface area contributed by atoms with Gasteiger partial charge >= 0.3 is 6.01 Å². The first kappa shape index (κ1) is 10.4. The first-order chi connectivity index (χ1) is 7.25. The highest BCUT2D eigenvalue weighted by atomic mass is 16.4. The third kappa shape index (κ3) is 2.68. The first-order valence-electron chi connectivity index (χ1n) is 5.58. The zero-order chi connectivity index (χ0) is 10.7. The van der Waals surface area contributed by atoms with E-state index in [1.165, 1.54) is 25.7 Å². The first-order valence-corrected chi connectivity index (χ1v) is 5.58. The molecular weight excluding hydrogens is 192 g/mol. The summed E-state index contributed by atoms with van der Waals surface area (Å²) in [5.74, 6) is 1.25. The van der Waals surface area contributed by atoms with Crippen molar-refractivity contribution in [2.24, 2.45) is 11.7 Å². The van der Waals surface area contributed by atoms with Crippen LogP contribution in [0.3, 0.4) is 0 Å². The van der Waals surface area contributed by atoms with Crippen molar-refractivity contribution in [3.8, 4) is 0 Å². The van der Waals surface area contributed by atoms with E-state index < -0.39 is 0 Å². The lowest BCUT2D eigenvalue weighted by molar-refractivity contribution is 0.467. The molecule has 0 amide bonds. The van der Waals surface area contributed by atoms with Crippen molar-refractivity contribution in [1.29, 1.82) is 0 Å². The van der Waals surface area contributed by atoms with Gasteiger partial charge in [-0.3, -0.25) is 0 Å². The zero-order valence-electron chi connectivity index (χ0n) is 9.07. The molecule has 15 heavy (non-hydrogen) atoms. The maximum absolute atomic E-state index is 5.62. The normalized spacial score (nSPS) is 19.3. The third-order valence-corrected chi connectivity index (χ3v) is 2.85. The van der Waals surface area contributed by atoms with Crippen molar-refractivity contribution >= 4 is 6.01 Å². The molecule has 0 saturated heterocycles. The van der Waals surface area contributed by atoms with Gasteiger partial charge in [0.15, 0.2) is 0 Å². The number of hydrogen-bond acceptors (Lipinski definition) is 5. The number of nitrogens with zero attached hydrogens (tertiary/aromatic N) is 2. The molecular formula is C10H18N4O. The highest BCUT2D eigenvalue weighted by Gasteiger charge is 2.16. The van der Waals surface area contributed by atoms with E-state index in [1.807, 2.05) is 6.92 Å². The number of anilines is 1. The van der Waals surface area contributed by atoms with Gasteiger partial charge in [0.05, 0.1) is 6.04 Å². The molecule has 1 unspecified atom stereocenters. The lowest BCUT2D eigenvalue weighted by atomic mass is 10.1. The summed E-state index contributed by atoms with van der Waals surface area (Å²) in [5.41, 5.74) is 5.62. The van der Waals surface area contributed by atoms with Crippen LogP contribution in [0.4, 0.5) is 6.01 Å². The molecule has 1 aliphatic carbocycles. The predicted molar refractivity (Wildman–Crippen MR) is 57.3 cm³/mol. The molecule has 1 saturated carbocycles. The maximum Gasteiger partial charge on any atom is 0.315 e. The van der Waals surface area contributed by atoms with E-state index in [9.17, 15) is 0 Å². The molecule has 1 aliphatic rings. The molecule has 0 spiro atoms. The van der Waals surface area contributed by atoms with Gasteiger partial charge in [0.25, 0.3) is 0 Å².